The van der Waals surface area contributed by atoms with Crippen molar-refractivity contribution in [1.29, 1.82) is 0 Å². The Kier molecular flexibility index (Phi) is 5.89. The summed E-state index contributed by atoms with van der Waals surface area (Å²) >= 11 is 0. The first-order valence-corrected chi connectivity index (χ1v) is 10.5. The molecule has 3 amide bonds. The second-order valence-corrected chi connectivity index (χ2v) is 8.11. The lowest BCUT2D eigenvalue weighted by Crippen LogP contribution is -2.30. The van der Waals surface area contributed by atoms with Gasteiger partial charge in [0.15, 0.2) is 6.61 Å². The molecule has 0 atom stereocenters. The molecule has 1 aliphatic rings. The van der Waals surface area contributed by atoms with Crippen molar-refractivity contribution in [3.63, 3.8) is 0 Å². The van der Waals surface area contributed by atoms with Crippen molar-refractivity contribution in [3.8, 4) is 5.75 Å². The van der Waals surface area contributed by atoms with E-state index in [0.29, 0.717) is 17.1 Å². The lowest BCUT2D eigenvalue weighted by molar-refractivity contribution is -0.139. The van der Waals surface area contributed by atoms with E-state index in [4.69, 9.17) is 9.84 Å². The Morgan fingerprint density at radius 1 is 0.882 bits per heavy atom. The molecular formula is C26H22N2O6. The quantitative estimate of drug-likeness (QED) is 0.537. The SMILES string of the molecule is Cc1cc(C)c(N2C(=O)c3ccc(C(=O)Nc4ccc(OCC(=O)O)cc4)cc3C2=O)c(C)c1. The molecule has 4 rings (SSSR count). The molecule has 0 fully saturated rings. The molecule has 3 aromatic rings. The van der Waals surface area contributed by atoms with E-state index in [9.17, 15) is 19.2 Å². The molecule has 0 aromatic heterocycles. The summed E-state index contributed by atoms with van der Waals surface area (Å²) in [6.45, 7) is 5.20. The van der Waals surface area contributed by atoms with Crippen molar-refractivity contribution in [2.45, 2.75) is 20.8 Å². The van der Waals surface area contributed by atoms with E-state index < -0.39 is 30.3 Å². The van der Waals surface area contributed by atoms with Crippen LogP contribution in [0.5, 0.6) is 5.75 Å². The minimum Gasteiger partial charge on any atom is -0.482 e. The van der Waals surface area contributed by atoms with Crippen LogP contribution >= 0.6 is 0 Å². The molecule has 3 aromatic carbocycles. The fourth-order valence-electron chi connectivity index (χ4n) is 4.09. The number of hydrogen-bond acceptors (Lipinski definition) is 5. The maximum absolute atomic E-state index is 13.2. The van der Waals surface area contributed by atoms with Gasteiger partial charge < -0.3 is 15.2 Å². The highest BCUT2D eigenvalue weighted by atomic mass is 16.5. The zero-order valence-corrected chi connectivity index (χ0v) is 18.8. The van der Waals surface area contributed by atoms with Crippen LogP contribution in [-0.2, 0) is 4.79 Å². The number of carboxylic acid groups (broad SMARTS) is 1. The van der Waals surface area contributed by atoms with Crippen molar-refractivity contribution in [1.82, 2.24) is 0 Å². The maximum Gasteiger partial charge on any atom is 0.341 e. The zero-order valence-electron chi connectivity index (χ0n) is 18.8. The van der Waals surface area contributed by atoms with Crippen LogP contribution in [0.2, 0.25) is 0 Å². The molecule has 0 spiro atoms. The molecule has 0 saturated heterocycles. The summed E-state index contributed by atoms with van der Waals surface area (Å²) in [6.07, 6.45) is 0. The van der Waals surface area contributed by atoms with Crippen LogP contribution in [-0.4, -0.2) is 35.4 Å². The minimum absolute atomic E-state index is 0.175. The molecule has 8 nitrogen and oxygen atoms in total. The van der Waals surface area contributed by atoms with Crippen LogP contribution in [0.25, 0.3) is 0 Å². The van der Waals surface area contributed by atoms with E-state index >= 15 is 0 Å². The van der Waals surface area contributed by atoms with Crippen LogP contribution in [0.4, 0.5) is 11.4 Å². The van der Waals surface area contributed by atoms with E-state index in [1.807, 2.05) is 32.9 Å². The predicted molar refractivity (Wildman–Crippen MR) is 126 cm³/mol. The summed E-state index contributed by atoms with van der Waals surface area (Å²) in [6, 6.07) is 14.5. The number of fused-ring (bicyclic) bond motifs is 1. The number of hydrogen-bond donors (Lipinski definition) is 2. The van der Waals surface area contributed by atoms with Gasteiger partial charge in [-0.05, 0) is 74.4 Å². The average molecular weight is 458 g/mol. The molecule has 0 saturated carbocycles. The fraction of sp³-hybridized carbons (Fsp3) is 0.154. The van der Waals surface area contributed by atoms with Crippen molar-refractivity contribution >= 4 is 35.1 Å². The predicted octanol–water partition coefficient (Wildman–Crippen LogP) is 4.13. The Balaban J connectivity index is 1.55. The standard InChI is InChI=1S/C26H22N2O6/c1-14-10-15(2)23(16(3)11-14)28-25(32)20-9-4-17(12-21(20)26(28)33)24(31)27-18-5-7-19(8-6-18)34-13-22(29)30/h4-12H,13H2,1-3H3,(H,27,31)(H,29,30). The number of rotatable bonds is 6. The maximum atomic E-state index is 13.2. The summed E-state index contributed by atoms with van der Waals surface area (Å²) in [4.78, 5) is 50.8. The first-order chi connectivity index (χ1) is 16.2. The average Bonchev–Trinajstić information content (AvgIpc) is 3.02. The third kappa shape index (κ3) is 4.25. The van der Waals surface area contributed by atoms with Gasteiger partial charge >= 0.3 is 5.97 Å². The highest BCUT2D eigenvalue weighted by molar-refractivity contribution is 6.35. The monoisotopic (exact) mass is 458 g/mol. The van der Waals surface area contributed by atoms with Crippen LogP contribution in [0.15, 0.2) is 54.6 Å². The third-order valence-electron chi connectivity index (χ3n) is 5.48. The number of ether oxygens (including phenoxy) is 1. The number of aliphatic carboxylic acids is 1. The Labute approximate surface area is 195 Å². The topological polar surface area (TPSA) is 113 Å². The van der Waals surface area contributed by atoms with Gasteiger partial charge in [-0.3, -0.25) is 14.4 Å². The molecule has 0 unspecified atom stereocenters. The van der Waals surface area contributed by atoms with Gasteiger partial charge in [0.2, 0.25) is 0 Å². The Bertz CT molecular complexity index is 1320. The van der Waals surface area contributed by atoms with Crippen LogP contribution in [0.1, 0.15) is 47.8 Å². The number of nitrogens with one attached hydrogen (secondary N) is 1. The molecule has 0 bridgehead atoms. The van der Waals surface area contributed by atoms with E-state index in [1.165, 1.54) is 35.2 Å². The van der Waals surface area contributed by atoms with Gasteiger partial charge in [0.25, 0.3) is 17.7 Å². The fourth-order valence-corrected chi connectivity index (χ4v) is 4.09. The second-order valence-electron chi connectivity index (χ2n) is 8.11. The molecule has 8 heteroatoms. The molecule has 0 aliphatic carbocycles. The smallest absolute Gasteiger partial charge is 0.341 e. The number of nitrogens with zero attached hydrogens (tertiary/aromatic N) is 1. The third-order valence-corrected chi connectivity index (χ3v) is 5.48. The lowest BCUT2D eigenvalue weighted by atomic mass is 10.0. The van der Waals surface area contributed by atoms with Gasteiger partial charge in [-0.15, -0.1) is 0 Å². The number of carboxylic acids is 1. The molecular weight excluding hydrogens is 436 g/mol. The van der Waals surface area contributed by atoms with E-state index in [-0.39, 0.29) is 16.7 Å². The van der Waals surface area contributed by atoms with Gasteiger partial charge in [0.05, 0.1) is 16.8 Å². The van der Waals surface area contributed by atoms with Crippen molar-refractivity contribution in [2.24, 2.45) is 0 Å². The molecule has 2 N–H and O–H groups in total. The van der Waals surface area contributed by atoms with E-state index in [0.717, 1.165) is 16.7 Å². The lowest BCUT2D eigenvalue weighted by Gasteiger charge is -2.20. The number of anilines is 2. The Hall–Kier alpha value is -4.46. The highest BCUT2D eigenvalue weighted by Gasteiger charge is 2.38. The largest absolute Gasteiger partial charge is 0.482 e. The highest BCUT2D eigenvalue weighted by Crippen LogP contribution is 2.34. The zero-order chi connectivity index (χ0) is 24.6. The van der Waals surface area contributed by atoms with Gasteiger partial charge in [-0.2, -0.15) is 0 Å². The summed E-state index contributed by atoms with van der Waals surface area (Å²) in [7, 11) is 0. The van der Waals surface area contributed by atoms with Crippen molar-refractivity contribution < 1.29 is 29.0 Å². The number of amides is 3. The summed E-state index contributed by atoms with van der Waals surface area (Å²) in [5, 5.41) is 11.4. The van der Waals surface area contributed by atoms with Crippen molar-refractivity contribution in [2.75, 3.05) is 16.8 Å². The summed E-state index contributed by atoms with van der Waals surface area (Å²) in [5.41, 5.74) is 4.36. The van der Waals surface area contributed by atoms with Gasteiger partial charge in [-0.25, -0.2) is 9.69 Å². The first kappa shape index (κ1) is 22.7. The molecule has 1 heterocycles. The number of benzene rings is 3. The second kappa shape index (κ2) is 8.82. The molecule has 0 radical (unpaired) electrons. The molecule has 1 aliphatic heterocycles. The Morgan fingerprint density at radius 3 is 2.12 bits per heavy atom. The number of carbonyl (C=O) groups excluding carboxylic acids is 3. The number of imide groups is 1. The van der Waals surface area contributed by atoms with E-state index in [1.54, 1.807) is 12.1 Å². The van der Waals surface area contributed by atoms with E-state index in [2.05, 4.69) is 5.32 Å². The normalized spacial score (nSPS) is 12.5. The molecule has 34 heavy (non-hydrogen) atoms. The van der Waals surface area contributed by atoms with Crippen LogP contribution in [0.3, 0.4) is 0 Å². The summed E-state index contributed by atoms with van der Waals surface area (Å²) in [5.74, 6) is -2.08. The van der Waals surface area contributed by atoms with Gasteiger partial charge in [-0.1, -0.05) is 17.7 Å². The summed E-state index contributed by atoms with van der Waals surface area (Å²) < 4.78 is 5.07. The molecule has 172 valence electrons. The van der Waals surface area contributed by atoms with Crippen molar-refractivity contribution in [3.05, 3.63) is 88.0 Å². The number of aryl methyl sites for hydroxylation is 3. The number of carbonyl (C=O) groups is 4. The van der Waals surface area contributed by atoms with Gasteiger partial charge in [0, 0.05) is 11.3 Å². The van der Waals surface area contributed by atoms with Crippen LogP contribution in [0, 0.1) is 20.8 Å². The first-order valence-electron chi connectivity index (χ1n) is 10.5. The minimum atomic E-state index is -1.09. The Morgan fingerprint density at radius 2 is 1.50 bits per heavy atom. The van der Waals surface area contributed by atoms with Gasteiger partial charge in [0.1, 0.15) is 5.75 Å². The van der Waals surface area contributed by atoms with Crippen LogP contribution < -0.4 is 15.0 Å².